The molecule has 3 aromatic heterocycles. The molecule has 4 rings (SSSR count). The van der Waals surface area contributed by atoms with Crippen LogP contribution in [-0.2, 0) is 6.18 Å². The van der Waals surface area contributed by atoms with Gasteiger partial charge in [0.25, 0.3) is 0 Å². The third kappa shape index (κ3) is 3.72. The fourth-order valence-corrected chi connectivity index (χ4v) is 3.36. The summed E-state index contributed by atoms with van der Waals surface area (Å²) >= 11 is 0. The maximum atomic E-state index is 13.7. The number of rotatable bonds is 5. The van der Waals surface area contributed by atoms with Gasteiger partial charge in [0.1, 0.15) is 11.4 Å². The first-order valence-corrected chi connectivity index (χ1v) is 9.51. The Bertz CT molecular complexity index is 1320. The van der Waals surface area contributed by atoms with Crippen molar-refractivity contribution >= 4 is 16.9 Å². The van der Waals surface area contributed by atoms with E-state index in [1.165, 1.54) is 36.8 Å². The Balaban J connectivity index is 1.83. The van der Waals surface area contributed by atoms with Gasteiger partial charge in [-0.1, -0.05) is 0 Å². The van der Waals surface area contributed by atoms with Crippen LogP contribution in [0.2, 0.25) is 0 Å². The van der Waals surface area contributed by atoms with Crippen LogP contribution >= 0.6 is 0 Å². The monoisotopic (exact) mass is 442 g/mol. The van der Waals surface area contributed by atoms with Gasteiger partial charge in [-0.2, -0.15) is 13.2 Å². The number of pyridine rings is 1. The highest BCUT2D eigenvalue weighted by Gasteiger charge is 2.38. The van der Waals surface area contributed by atoms with E-state index in [0.717, 1.165) is 4.57 Å². The first-order valence-electron chi connectivity index (χ1n) is 9.51. The summed E-state index contributed by atoms with van der Waals surface area (Å²) in [5.74, 6) is -1.41. The molecule has 1 amide bonds. The third-order valence-electron chi connectivity index (χ3n) is 4.77. The summed E-state index contributed by atoms with van der Waals surface area (Å²) < 4.78 is 47.4. The lowest BCUT2D eigenvalue weighted by molar-refractivity contribution is -0.145. The quantitative estimate of drug-likeness (QED) is 0.505. The van der Waals surface area contributed by atoms with Crippen molar-refractivity contribution in [3.63, 3.8) is 0 Å². The number of carbonyl (C=O) groups excluding carboxylic acids is 1. The van der Waals surface area contributed by atoms with Gasteiger partial charge in [0.15, 0.2) is 5.82 Å². The molecule has 2 N–H and O–H groups in total. The summed E-state index contributed by atoms with van der Waals surface area (Å²) in [5.41, 5.74) is 7.08. The SMILES string of the molecule is CCOc1ccc2c(c1)nc(C(F)(F)F)n2-c1cnc(-c2nccc(C(N)=O)c2C)cn1. The highest BCUT2D eigenvalue weighted by atomic mass is 19.4. The largest absolute Gasteiger partial charge is 0.494 e. The lowest BCUT2D eigenvalue weighted by Gasteiger charge is -2.12. The number of benzene rings is 1. The average molecular weight is 442 g/mol. The number of nitrogens with two attached hydrogens (primary N) is 1. The van der Waals surface area contributed by atoms with E-state index in [1.807, 2.05) is 0 Å². The maximum absolute atomic E-state index is 13.7. The molecule has 0 aliphatic carbocycles. The number of hydrogen-bond donors (Lipinski definition) is 1. The number of aromatic nitrogens is 5. The number of amides is 1. The van der Waals surface area contributed by atoms with Crippen LogP contribution < -0.4 is 10.5 Å². The molecule has 0 fully saturated rings. The minimum atomic E-state index is -4.72. The second-order valence-corrected chi connectivity index (χ2v) is 6.81. The van der Waals surface area contributed by atoms with Gasteiger partial charge in [0.2, 0.25) is 11.7 Å². The predicted molar refractivity (Wildman–Crippen MR) is 109 cm³/mol. The highest BCUT2D eigenvalue weighted by molar-refractivity contribution is 5.95. The van der Waals surface area contributed by atoms with E-state index in [1.54, 1.807) is 19.9 Å². The molecule has 0 spiro atoms. The molecule has 11 heteroatoms. The smallest absolute Gasteiger partial charge is 0.450 e. The number of carbonyl (C=O) groups is 1. The van der Waals surface area contributed by atoms with Crippen LogP contribution in [0.25, 0.3) is 28.2 Å². The van der Waals surface area contributed by atoms with Crippen molar-refractivity contribution in [3.05, 3.63) is 59.8 Å². The Kier molecular flexibility index (Phi) is 5.25. The summed E-state index contributed by atoms with van der Waals surface area (Å²) in [6.45, 7) is 3.80. The van der Waals surface area contributed by atoms with Gasteiger partial charge >= 0.3 is 6.18 Å². The van der Waals surface area contributed by atoms with Crippen LogP contribution in [0.1, 0.15) is 28.7 Å². The highest BCUT2D eigenvalue weighted by Crippen LogP contribution is 2.34. The fraction of sp³-hybridized carbons (Fsp3) is 0.190. The van der Waals surface area contributed by atoms with E-state index in [2.05, 4.69) is 19.9 Å². The van der Waals surface area contributed by atoms with Crippen LogP contribution in [0.15, 0.2) is 42.9 Å². The fourth-order valence-electron chi connectivity index (χ4n) is 3.36. The number of ether oxygens (including phenoxy) is 1. The van der Waals surface area contributed by atoms with Gasteiger partial charge in [-0.15, -0.1) is 0 Å². The molecule has 164 valence electrons. The Morgan fingerprint density at radius 1 is 1.16 bits per heavy atom. The molecule has 8 nitrogen and oxygen atoms in total. The van der Waals surface area contributed by atoms with Gasteiger partial charge < -0.3 is 10.5 Å². The molecule has 32 heavy (non-hydrogen) atoms. The molecule has 0 saturated carbocycles. The number of nitrogens with zero attached hydrogens (tertiary/aromatic N) is 5. The van der Waals surface area contributed by atoms with Crippen LogP contribution in [0.5, 0.6) is 5.75 Å². The summed E-state index contributed by atoms with van der Waals surface area (Å²) in [5, 5.41) is 0. The van der Waals surface area contributed by atoms with Gasteiger partial charge in [-0.3, -0.25) is 14.3 Å². The number of primary amides is 1. The zero-order chi connectivity index (χ0) is 23.0. The lowest BCUT2D eigenvalue weighted by atomic mass is 10.1. The lowest BCUT2D eigenvalue weighted by Crippen LogP contribution is -2.15. The summed E-state index contributed by atoms with van der Waals surface area (Å²) in [6.07, 6.45) is -0.839. The topological polar surface area (TPSA) is 109 Å². The first kappa shape index (κ1) is 21.2. The van der Waals surface area contributed by atoms with E-state index in [9.17, 15) is 18.0 Å². The number of halogens is 3. The number of alkyl halides is 3. The van der Waals surface area contributed by atoms with Crippen molar-refractivity contribution < 1.29 is 22.7 Å². The van der Waals surface area contributed by atoms with Crippen LogP contribution in [0.3, 0.4) is 0 Å². The minimum absolute atomic E-state index is 0.0727. The number of fused-ring (bicyclic) bond motifs is 1. The van der Waals surface area contributed by atoms with Crippen molar-refractivity contribution in [2.24, 2.45) is 5.73 Å². The van der Waals surface area contributed by atoms with E-state index >= 15 is 0 Å². The molecule has 0 aliphatic rings. The molecular formula is C21H17F3N6O2. The molecular weight excluding hydrogens is 425 g/mol. The molecule has 1 aromatic carbocycles. The average Bonchev–Trinajstić information content (AvgIpc) is 3.13. The van der Waals surface area contributed by atoms with Crippen molar-refractivity contribution in [1.29, 1.82) is 0 Å². The number of imidazole rings is 1. The molecule has 4 aromatic rings. The first-order chi connectivity index (χ1) is 15.2. The molecule has 0 bridgehead atoms. The molecule has 0 atom stereocenters. The second-order valence-electron chi connectivity index (χ2n) is 6.81. The van der Waals surface area contributed by atoms with E-state index in [4.69, 9.17) is 10.5 Å². The Labute approximate surface area is 179 Å². The van der Waals surface area contributed by atoms with Gasteiger partial charge in [-0.05, 0) is 37.6 Å². The summed E-state index contributed by atoms with van der Waals surface area (Å²) in [7, 11) is 0. The standard InChI is InChI=1S/C21H17F3N6O2/c1-3-32-12-4-5-16-14(8-12)29-20(21(22,23)24)30(16)17-10-27-15(9-28-17)18-11(2)13(19(25)31)6-7-26-18/h4-10H,3H2,1-2H3,(H2,25,31). The normalized spacial score (nSPS) is 11.7. The molecule has 0 aliphatic heterocycles. The molecule has 0 radical (unpaired) electrons. The number of hydrogen-bond acceptors (Lipinski definition) is 6. The van der Waals surface area contributed by atoms with Crippen LogP contribution in [0.4, 0.5) is 13.2 Å². The van der Waals surface area contributed by atoms with Crippen molar-refractivity contribution in [3.8, 4) is 23.0 Å². The van der Waals surface area contributed by atoms with Crippen molar-refractivity contribution in [1.82, 2.24) is 24.5 Å². The van der Waals surface area contributed by atoms with E-state index in [-0.39, 0.29) is 28.1 Å². The zero-order valence-corrected chi connectivity index (χ0v) is 17.0. The Morgan fingerprint density at radius 3 is 2.56 bits per heavy atom. The van der Waals surface area contributed by atoms with Crippen molar-refractivity contribution in [2.75, 3.05) is 6.61 Å². The van der Waals surface area contributed by atoms with Gasteiger partial charge in [0, 0.05) is 17.8 Å². The van der Waals surface area contributed by atoms with Crippen molar-refractivity contribution in [2.45, 2.75) is 20.0 Å². The van der Waals surface area contributed by atoms with Gasteiger partial charge in [-0.25, -0.2) is 15.0 Å². The predicted octanol–water partition coefficient (Wildman–Crippen LogP) is 3.70. The summed E-state index contributed by atoms with van der Waals surface area (Å²) in [6, 6.07) is 5.97. The molecule has 0 saturated heterocycles. The van der Waals surface area contributed by atoms with Crippen LogP contribution in [-0.4, -0.2) is 37.0 Å². The van der Waals surface area contributed by atoms with E-state index in [0.29, 0.717) is 23.6 Å². The summed E-state index contributed by atoms with van der Waals surface area (Å²) in [4.78, 5) is 27.9. The van der Waals surface area contributed by atoms with Gasteiger partial charge in [0.05, 0.1) is 35.7 Å². The van der Waals surface area contributed by atoms with Crippen LogP contribution in [0, 0.1) is 6.92 Å². The molecule has 3 heterocycles. The minimum Gasteiger partial charge on any atom is -0.494 e. The van der Waals surface area contributed by atoms with E-state index < -0.39 is 17.9 Å². The Morgan fingerprint density at radius 2 is 1.94 bits per heavy atom. The maximum Gasteiger partial charge on any atom is 0.450 e. The molecule has 0 unspecified atom stereocenters. The third-order valence-corrected chi connectivity index (χ3v) is 4.77. The second kappa shape index (κ2) is 7.91. The zero-order valence-electron chi connectivity index (χ0n) is 17.0. The Hall–Kier alpha value is -4.02.